The molecule has 0 fully saturated rings. The number of para-hydroxylation sites is 1. The Morgan fingerprint density at radius 2 is 1.89 bits per heavy atom. The number of hydrogen-bond donors (Lipinski definition) is 1. The number of nitrogens with one attached hydrogen (secondary N) is 1. The zero-order chi connectivity index (χ0) is 13.8. The molecule has 0 bridgehead atoms. The Bertz CT molecular complexity index is 627. The van der Waals surface area contributed by atoms with Crippen LogP contribution in [0.15, 0.2) is 47.6 Å². The van der Waals surface area contributed by atoms with E-state index in [1.165, 1.54) is 12.1 Å². The monoisotopic (exact) mass is 257 g/mol. The third-order valence-electron chi connectivity index (χ3n) is 2.67. The van der Waals surface area contributed by atoms with Crippen LogP contribution in [0.1, 0.15) is 5.56 Å². The molecule has 0 amide bonds. The number of nitroso groups, excluding NO2 is 1. The number of nitro benzene ring substituents is 1. The molecule has 0 spiro atoms. The summed E-state index contributed by atoms with van der Waals surface area (Å²) >= 11 is 0. The molecule has 96 valence electrons. The smallest absolute Gasteiger partial charge is 0.300 e. The van der Waals surface area contributed by atoms with Crippen molar-refractivity contribution in [2.24, 2.45) is 5.18 Å². The van der Waals surface area contributed by atoms with E-state index < -0.39 is 4.92 Å². The fourth-order valence-electron chi connectivity index (χ4n) is 1.71. The Hall–Kier alpha value is -2.76. The molecule has 19 heavy (non-hydrogen) atoms. The van der Waals surface area contributed by atoms with Gasteiger partial charge in [-0.2, -0.15) is 0 Å². The molecule has 0 unspecified atom stereocenters. The maximum Gasteiger partial charge on any atom is 0.300 e. The van der Waals surface area contributed by atoms with E-state index in [0.29, 0.717) is 11.3 Å². The normalized spacial score (nSPS) is 9.95. The quantitative estimate of drug-likeness (QED) is 0.508. The third-order valence-corrected chi connectivity index (χ3v) is 2.67. The summed E-state index contributed by atoms with van der Waals surface area (Å²) in [7, 11) is 0. The van der Waals surface area contributed by atoms with Gasteiger partial charge in [-0.15, -0.1) is 4.91 Å². The number of benzene rings is 2. The van der Waals surface area contributed by atoms with Gasteiger partial charge in [0.05, 0.1) is 4.92 Å². The van der Waals surface area contributed by atoms with Crippen molar-refractivity contribution in [2.75, 3.05) is 5.32 Å². The second-order valence-corrected chi connectivity index (χ2v) is 4.00. The van der Waals surface area contributed by atoms with Crippen molar-refractivity contribution in [1.82, 2.24) is 0 Å². The van der Waals surface area contributed by atoms with Crippen LogP contribution in [0.5, 0.6) is 0 Å². The average Bonchev–Trinajstić information content (AvgIpc) is 2.41. The number of nitro groups is 1. The minimum atomic E-state index is -0.619. The summed E-state index contributed by atoms with van der Waals surface area (Å²) in [5.74, 6) is 0. The van der Waals surface area contributed by atoms with Crippen LogP contribution in [0.2, 0.25) is 0 Å². The van der Waals surface area contributed by atoms with Crippen molar-refractivity contribution in [3.05, 3.63) is 63.0 Å². The van der Waals surface area contributed by atoms with Crippen LogP contribution in [-0.4, -0.2) is 4.92 Å². The standard InChI is InChI=1S/C13H11N3O3/c1-9-7-12(15-17)13(16(18)19)8-11(9)14-10-5-3-2-4-6-10/h2-8,14H,1H3. The summed E-state index contributed by atoms with van der Waals surface area (Å²) in [5.41, 5.74) is 1.63. The lowest BCUT2D eigenvalue weighted by Gasteiger charge is -2.09. The minimum absolute atomic E-state index is 0.166. The summed E-state index contributed by atoms with van der Waals surface area (Å²) < 4.78 is 0. The lowest BCUT2D eigenvalue weighted by molar-refractivity contribution is -0.384. The van der Waals surface area contributed by atoms with E-state index in [0.717, 1.165) is 5.69 Å². The number of anilines is 2. The number of rotatable bonds is 4. The molecule has 0 aliphatic heterocycles. The maximum absolute atomic E-state index is 10.9. The molecule has 0 heterocycles. The molecule has 0 radical (unpaired) electrons. The van der Waals surface area contributed by atoms with Crippen LogP contribution in [0.3, 0.4) is 0 Å². The molecule has 0 saturated carbocycles. The van der Waals surface area contributed by atoms with Crippen molar-refractivity contribution in [3.8, 4) is 0 Å². The Balaban J connectivity index is 2.44. The van der Waals surface area contributed by atoms with Crippen molar-refractivity contribution in [2.45, 2.75) is 6.92 Å². The first-order valence-electron chi connectivity index (χ1n) is 5.56. The molecule has 2 aromatic rings. The van der Waals surface area contributed by atoms with E-state index in [2.05, 4.69) is 10.5 Å². The van der Waals surface area contributed by atoms with E-state index in [4.69, 9.17) is 0 Å². The summed E-state index contributed by atoms with van der Waals surface area (Å²) in [4.78, 5) is 20.8. The zero-order valence-corrected chi connectivity index (χ0v) is 10.2. The number of nitrogens with zero attached hydrogens (tertiary/aromatic N) is 2. The van der Waals surface area contributed by atoms with Crippen LogP contribution < -0.4 is 5.32 Å². The second-order valence-electron chi connectivity index (χ2n) is 4.00. The Labute approximate surface area is 109 Å². The topological polar surface area (TPSA) is 84.6 Å². The first kappa shape index (κ1) is 12.7. The van der Waals surface area contributed by atoms with E-state index >= 15 is 0 Å². The van der Waals surface area contributed by atoms with E-state index in [1.807, 2.05) is 30.3 Å². The first-order chi connectivity index (χ1) is 9.11. The van der Waals surface area contributed by atoms with Crippen LogP contribution >= 0.6 is 0 Å². The number of aryl methyl sites for hydroxylation is 1. The Kier molecular flexibility index (Phi) is 3.51. The van der Waals surface area contributed by atoms with Gasteiger partial charge in [0.1, 0.15) is 0 Å². The van der Waals surface area contributed by atoms with Crippen LogP contribution in [0.25, 0.3) is 0 Å². The van der Waals surface area contributed by atoms with Crippen LogP contribution in [-0.2, 0) is 0 Å². The molecule has 0 saturated heterocycles. The maximum atomic E-state index is 10.9. The summed E-state index contributed by atoms with van der Waals surface area (Å²) in [6, 6.07) is 12.0. The molecule has 6 heteroatoms. The Morgan fingerprint density at radius 3 is 2.47 bits per heavy atom. The highest BCUT2D eigenvalue weighted by atomic mass is 16.6. The van der Waals surface area contributed by atoms with E-state index in [-0.39, 0.29) is 11.4 Å². The molecule has 0 aromatic heterocycles. The molecule has 0 aliphatic rings. The van der Waals surface area contributed by atoms with Gasteiger partial charge in [0, 0.05) is 17.4 Å². The molecule has 1 N–H and O–H groups in total. The molecule has 0 atom stereocenters. The average molecular weight is 257 g/mol. The lowest BCUT2D eigenvalue weighted by atomic mass is 10.1. The SMILES string of the molecule is Cc1cc(N=O)c([N+](=O)[O-])cc1Nc1ccccc1. The van der Waals surface area contributed by atoms with E-state index in [9.17, 15) is 15.0 Å². The van der Waals surface area contributed by atoms with Gasteiger partial charge in [0.2, 0.25) is 0 Å². The predicted octanol–water partition coefficient (Wildman–Crippen LogP) is 4.04. The third kappa shape index (κ3) is 2.74. The highest BCUT2D eigenvalue weighted by Gasteiger charge is 2.17. The summed E-state index contributed by atoms with van der Waals surface area (Å²) in [5, 5.41) is 16.6. The van der Waals surface area contributed by atoms with Gasteiger partial charge >= 0.3 is 5.69 Å². The van der Waals surface area contributed by atoms with Gasteiger partial charge in [-0.25, -0.2) is 0 Å². The minimum Gasteiger partial charge on any atom is -0.355 e. The molecule has 6 nitrogen and oxygen atoms in total. The highest BCUT2D eigenvalue weighted by Crippen LogP contribution is 2.34. The number of hydrogen-bond acceptors (Lipinski definition) is 5. The largest absolute Gasteiger partial charge is 0.355 e. The summed E-state index contributed by atoms with van der Waals surface area (Å²) in [6.45, 7) is 1.75. The summed E-state index contributed by atoms with van der Waals surface area (Å²) in [6.07, 6.45) is 0. The lowest BCUT2D eigenvalue weighted by Crippen LogP contribution is -1.96. The second kappa shape index (κ2) is 5.26. The molecule has 2 rings (SSSR count). The van der Waals surface area contributed by atoms with Gasteiger partial charge in [0.15, 0.2) is 5.69 Å². The van der Waals surface area contributed by atoms with Gasteiger partial charge in [-0.3, -0.25) is 10.1 Å². The van der Waals surface area contributed by atoms with Crippen molar-refractivity contribution in [3.63, 3.8) is 0 Å². The first-order valence-corrected chi connectivity index (χ1v) is 5.56. The van der Waals surface area contributed by atoms with Crippen molar-refractivity contribution < 1.29 is 4.92 Å². The van der Waals surface area contributed by atoms with Gasteiger partial charge < -0.3 is 5.32 Å². The zero-order valence-electron chi connectivity index (χ0n) is 10.2. The van der Waals surface area contributed by atoms with Crippen LogP contribution in [0, 0.1) is 21.9 Å². The molecular formula is C13H11N3O3. The van der Waals surface area contributed by atoms with Crippen molar-refractivity contribution >= 4 is 22.7 Å². The van der Waals surface area contributed by atoms with Gasteiger partial charge in [-0.05, 0) is 35.9 Å². The fraction of sp³-hybridized carbons (Fsp3) is 0.0769. The molecule has 0 aliphatic carbocycles. The highest BCUT2D eigenvalue weighted by molar-refractivity contribution is 5.72. The van der Waals surface area contributed by atoms with Crippen molar-refractivity contribution in [1.29, 1.82) is 0 Å². The van der Waals surface area contributed by atoms with Gasteiger partial charge in [0.25, 0.3) is 0 Å². The molecule has 2 aromatic carbocycles. The molecular weight excluding hydrogens is 246 g/mol. The Morgan fingerprint density at radius 1 is 1.21 bits per heavy atom. The predicted molar refractivity (Wildman–Crippen MR) is 73.0 cm³/mol. The van der Waals surface area contributed by atoms with E-state index in [1.54, 1.807) is 6.92 Å². The van der Waals surface area contributed by atoms with Gasteiger partial charge in [-0.1, -0.05) is 18.2 Å². The van der Waals surface area contributed by atoms with Crippen LogP contribution in [0.4, 0.5) is 22.7 Å². The fourth-order valence-corrected chi connectivity index (χ4v) is 1.71.